The van der Waals surface area contributed by atoms with E-state index in [2.05, 4.69) is 33.8 Å². The normalized spacial score (nSPS) is 19.9. The van der Waals surface area contributed by atoms with Gasteiger partial charge in [-0.15, -0.1) is 0 Å². The molecule has 2 fully saturated rings. The molecule has 1 unspecified atom stereocenters. The van der Waals surface area contributed by atoms with Crippen molar-refractivity contribution in [3.63, 3.8) is 0 Å². The number of hydrogen-bond donors (Lipinski definition) is 3. The molecule has 1 aliphatic carbocycles. The molecule has 158 valence electrons. The van der Waals surface area contributed by atoms with Crippen molar-refractivity contribution in [2.75, 3.05) is 13.6 Å². The number of aromatic nitrogens is 2. The molecule has 1 saturated heterocycles. The second kappa shape index (κ2) is 10.4. The predicted molar refractivity (Wildman–Crippen MR) is 116 cm³/mol. The highest BCUT2D eigenvalue weighted by Gasteiger charge is 2.24. The first kappa shape index (κ1) is 21.3. The van der Waals surface area contributed by atoms with Gasteiger partial charge in [-0.2, -0.15) is 0 Å². The van der Waals surface area contributed by atoms with Crippen LogP contribution in [0.5, 0.6) is 0 Å². The average molecular weight is 399 g/mol. The van der Waals surface area contributed by atoms with E-state index in [0.29, 0.717) is 0 Å². The third-order valence-corrected chi connectivity index (χ3v) is 6.05. The minimum Gasteiger partial charge on any atom is -0.359 e. The van der Waals surface area contributed by atoms with Gasteiger partial charge in [0.05, 0.1) is 11.0 Å². The maximum absolute atomic E-state index is 11.8. The van der Waals surface area contributed by atoms with Gasteiger partial charge < -0.3 is 15.6 Å². The number of carbonyl (C=O) groups is 2. The van der Waals surface area contributed by atoms with Gasteiger partial charge in [-0.25, -0.2) is 4.98 Å². The van der Waals surface area contributed by atoms with Crippen LogP contribution in [0.15, 0.2) is 18.2 Å². The van der Waals surface area contributed by atoms with Crippen LogP contribution in [0.1, 0.15) is 63.3 Å². The van der Waals surface area contributed by atoms with Gasteiger partial charge in [0.1, 0.15) is 5.82 Å². The van der Waals surface area contributed by atoms with E-state index in [9.17, 15) is 9.59 Å². The number of aromatic amines is 1. The van der Waals surface area contributed by atoms with Crippen molar-refractivity contribution in [1.82, 2.24) is 20.6 Å². The maximum atomic E-state index is 11.8. The number of amides is 2. The van der Waals surface area contributed by atoms with Crippen LogP contribution in [0.3, 0.4) is 0 Å². The monoisotopic (exact) mass is 398 g/mol. The van der Waals surface area contributed by atoms with Crippen LogP contribution in [0, 0.1) is 11.8 Å². The minimum absolute atomic E-state index is 0.00463. The second-order valence-electron chi connectivity index (χ2n) is 8.38. The number of carbonyl (C=O) groups excluding carboxylic acids is 2. The Balaban J connectivity index is 0.000000431. The van der Waals surface area contributed by atoms with Crippen molar-refractivity contribution >= 4 is 22.8 Å². The van der Waals surface area contributed by atoms with Gasteiger partial charge in [-0.05, 0) is 36.5 Å². The van der Waals surface area contributed by atoms with Crippen LogP contribution in [0.4, 0.5) is 0 Å². The molecule has 2 aromatic rings. The highest BCUT2D eigenvalue weighted by atomic mass is 16.2. The Morgan fingerprint density at radius 1 is 1.14 bits per heavy atom. The van der Waals surface area contributed by atoms with E-state index in [1.165, 1.54) is 51.0 Å². The lowest BCUT2D eigenvalue weighted by Crippen LogP contribution is -2.20. The molecule has 2 aliphatic rings. The van der Waals surface area contributed by atoms with Crippen molar-refractivity contribution < 1.29 is 9.59 Å². The van der Waals surface area contributed by atoms with Crippen LogP contribution in [-0.4, -0.2) is 35.4 Å². The Kier molecular flexibility index (Phi) is 7.67. The highest BCUT2D eigenvalue weighted by Crippen LogP contribution is 2.26. The Bertz CT molecular complexity index is 821. The van der Waals surface area contributed by atoms with Gasteiger partial charge >= 0.3 is 0 Å². The van der Waals surface area contributed by atoms with E-state index in [1.54, 1.807) is 7.05 Å². The molecule has 0 radical (unpaired) electrons. The molecule has 1 saturated carbocycles. The Morgan fingerprint density at radius 2 is 1.86 bits per heavy atom. The standard InChI is InChI=1S/C20H27N3O.C3H7NO/c24-20-16(9-10-21-20)11-15-7-8-17-18(12-15)23-19(22-17)13-14-5-3-1-2-4-6-14;1-3(5)4-2/h7-8,12,14,16H,1-6,9-11,13H2,(H,21,24)(H,22,23);1-2H3,(H,4,5). The summed E-state index contributed by atoms with van der Waals surface area (Å²) in [6, 6.07) is 6.42. The quantitative estimate of drug-likeness (QED) is 0.689. The van der Waals surface area contributed by atoms with Crippen molar-refractivity contribution in [3.05, 3.63) is 29.6 Å². The van der Waals surface area contributed by atoms with Crippen LogP contribution < -0.4 is 10.6 Å². The summed E-state index contributed by atoms with van der Waals surface area (Å²) < 4.78 is 0. The molecule has 1 aliphatic heterocycles. The molecule has 4 rings (SSSR count). The number of hydrogen-bond acceptors (Lipinski definition) is 3. The number of fused-ring (bicyclic) bond motifs is 1. The molecule has 0 spiro atoms. The lowest BCUT2D eigenvalue weighted by Gasteiger charge is -2.11. The topological polar surface area (TPSA) is 86.9 Å². The predicted octanol–water partition coefficient (Wildman–Crippen LogP) is 3.51. The summed E-state index contributed by atoms with van der Waals surface area (Å²) in [6.45, 7) is 2.29. The smallest absolute Gasteiger partial charge is 0.223 e. The molecule has 6 heteroatoms. The number of nitrogens with one attached hydrogen (secondary N) is 3. The third kappa shape index (κ3) is 6.31. The fraction of sp³-hybridized carbons (Fsp3) is 0.609. The van der Waals surface area contributed by atoms with Crippen LogP contribution in [0.2, 0.25) is 0 Å². The van der Waals surface area contributed by atoms with Gasteiger partial charge in [0, 0.05) is 32.9 Å². The van der Waals surface area contributed by atoms with Gasteiger partial charge in [0.25, 0.3) is 0 Å². The van der Waals surface area contributed by atoms with E-state index in [1.807, 2.05) is 0 Å². The first-order valence-corrected chi connectivity index (χ1v) is 11.0. The largest absolute Gasteiger partial charge is 0.359 e. The first-order chi connectivity index (χ1) is 14.0. The van der Waals surface area contributed by atoms with Crippen molar-refractivity contribution in [1.29, 1.82) is 0 Å². The van der Waals surface area contributed by atoms with Gasteiger partial charge in [0.15, 0.2) is 0 Å². The van der Waals surface area contributed by atoms with Gasteiger partial charge in [-0.3, -0.25) is 9.59 Å². The van der Waals surface area contributed by atoms with Gasteiger partial charge in [-0.1, -0.05) is 44.6 Å². The van der Waals surface area contributed by atoms with E-state index in [-0.39, 0.29) is 17.7 Å². The summed E-state index contributed by atoms with van der Waals surface area (Å²) in [5.74, 6) is 2.26. The zero-order valence-electron chi connectivity index (χ0n) is 17.7. The van der Waals surface area contributed by atoms with E-state index >= 15 is 0 Å². The third-order valence-electron chi connectivity index (χ3n) is 6.05. The SMILES string of the molecule is CNC(C)=O.O=C1NCCC1Cc1ccc2nc(CC3CCCCCC3)[nH]c2c1. The molecular formula is C23H34N4O2. The fourth-order valence-corrected chi connectivity index (χ4v) is 4.30. The average Bonchev–Trinajstić information content (AvgIpc) is 3.19. The summed E-state index contributed by atoms with van der Waals surface area (Å²) in [7, 11) is 1.60. The summed E-state index contributed by atoms with van der Waals surface area (Å²) >= 11 is 0. The Hall–Kier alpha value is -2.37. The fourth-order valence-electron chi connectivity index (χ4n) is 4.30. The lowest BCUT2D eigenvalue weighted by atomic mass is 9.96. The Morgan fingerprint density at radius 3 is 2.48 bits per heavy atom. The summed E-state index contributed by atoms with van der Waals surface area (Å²) in [6.07, 6.45) is 11.1. The second-order valence-corrected chi connectivity index (χ2v) is 8.38. The number of benzene rings is 1. The molecule has 6 nitrogen and oxygen atoms in total. The highest BCUT2D eigenvalue weighted by molar-refractivity contribution is 5.81. The zero-order valence-corrected chi connectivity index (χ0v) is 17.7. The molecule has 29 heavy (non-hydrogen) atoms. The minimum atomic E-state index is 0.00463. The van der Waals surface area contributed by atoms with Crippen molar-refractivity contribution in [3.8, 4) is 0 Å². The summed E-state index contributed by atoms with van der Waals surface area (Å²) in [5.41, 5.74) is 3.40. The summed E-state index contributed by atoms with van der Waals surface area (Å²) in [4.78, 5) is 29.8. The molecule has 1 aromatic heterocycles. The molecule has 2 amide bonds. The van der Waals surface area contributed by atoms with E-state index in [4.69, 9.17) is 4.98 Å². The number of imidazole rings is 1. The van der Waals surface area contributed by atoms with Crippen molar-refractivity contribution in [2.24, 2.45) is 11.8 Å². The van der Waals surface area contributed by atoms with E-state index in [0.717, 1.165) is 48.6 Å². The number of nitrogens with zero attached hydrogens (tertiary/aromatic N) is 1. The van der Waals surface area contributed by atoms with Crippen LogP contribution in [-0.2, 0) is 22.4 Å². The molecule has 1 atom stereocenters. The summed E-state index contributed by atoms with van der Waals surface area (Å²) in [5, 5.41) is 5.31. The van der Waals surface area contributed by atoms with Gasteiger partial charge in [0.2, 0.25) is 11.8 Å². The molecule has 0 bridgehead atoms. The first-order valence-electron chi connectivity index (χ1n) is 11.0. The number of rotatable bonds is 4. The molecule has 2 heterocycles. The molecule has 1 aromatic carbocycles. The Labute approximate surface area is 173 Å². The number of H-pyrrole nitrogens is 1. The lowest BCUT2D eigenvalue weighted by molar-refractivity contribution is -0.122. The maximum Gasteiger partial charge on any atom is 0.223 e. The molecular weight excluding hydrogens is 364 g/mol. The van der Waals surface area contributed by atoms with Crippen molar-refractivity contribution in [2.45, 2.75) is 64.7 Å². The van der Waals surface area contributed by atoms with E-state index < -0.39 is 0 Å². The zero-order chi connectivity index (χ0) is 20.6. The molecule has 3 N–H and O–H groups in total. The van der Waals surface area contributed by atoms with Crippen LogP contribution >= 0.6 is 0 Å². The van der Waals surface area contributed by atoms with Crippen LogP contribution in [0.25, 0.3) is 11.0 Å².